The molecule has 134 valence electrons. The number of aryl methyl sites for hydroxylation is 2. The highest BCUT2D eigenvalue weighted by atomic mass is 16.3. The van der Waals surface area contributed by atoms with E-state index in [-0.39, 0.29) is 0 Å². The minimum absolute atomic E-state index is 0.958. The van der Waals surface area contributed by atoms with Crippen molar-refractivity contribution in [3.05, 3.63) is 78.5 Å². The molecule has 0 unspecified atom stereocenters. The summed E-state index contributed by atoms with van der Waals surface area (Å²) in [6, 6.07) is 23.9. The van der Waals surface area contributed by atoms with Crippen molar-refractivity contribution in [1.82, 2.24) is 0 Å². The average Bonchev–Trinajstić information content (AvgIpc) is 3.13. The van der Waals surface area contributed by atoms with Gasteiger partial charge in [-0.15, -0.1) is 0 Å². The molecule has 0 atom stereocenters. The Balaban J connectivity index is 1.94. The Kier molecular flexibility index (Phi) is 3.10. The molecule has 0 aliphatic heterocycles. The van der Waals surface area contributed by atoms with E-state index in [9.17, 15) is 0 Å². The lowest BCUT2D eigenvalue weighted by atomic mass is 9.89. The fourth-order valence-corrected chi connectivity index (χ4v) is 4.78. The van der Waals surface area contributed by atoms with Crippen LogP contribution in [0.5, 0.6) is 0 Å². The maximum atomic E-state index is 6.56. The SMILES string of the molecule is CCc1cc2c3ccccc3c3cccc4oc(c1-c1cccc[n+]1C)c2c43. The molecule has 2 heteroatoms. The van der Waals surface area contributed by atoms with E-state index in [0.29, 0.717) is 0 Å². The zero-order chi connectivity index (χ0) is 18.8. The van der Waals surface area contributed by atoms with E-state index in [2.05, 4.69) is 91.5 Å². The Bertz CT molecular complexity index is 1510. The Morgan fingerprint density at radius 2 is 1.54 bits per heavy atom. The van der Waals surface area contributed by atoms with Crippen molar-refractivity contribution in [3.8, 4) is 11.3 Å². The molecule has 4 aromatic carbocycles. The van der Waals surface area contributed by atoms with Gasteiger partial charge in [0.25, 0.3) is 0 Å². The molecule has 0 aliphatic rings. The quantitative estimate of drug-likeness (QED) is 0.258. The fraction of sp³-hybridized carbons (Fsp3) is 0.115. The Morgan fingerprint density at radius 3 is 2.32 bits per heavy atom. The van der Waals surface area contributed by atoms with Crippen LogP contribution in [0, 0.1) is 0 Å². The first-order valence-electron chi connectivity index (χ1n) is 9.84. The van der Waals surface area contributed by atoms with Crippen molar-refractivity contribution < 1.29 is 8.98 Å². The molecule has 0 saturated heterocycles. The third kappa shape index (κ3) is 1.90. The molecule has 0 spiro atoms. The number of nitrogens with zero attached hydrogens (tertiary/aromatic N) is 1. The zero-order valence-corrected chi connectivity index (χ0v) is 16.0. The van der Waals surface area contributed by atoms with Crippen LogP contribution in [-0.2, 0) is 13.5 Å². The standard InChI is InChI=1S/C26H20NO/c1-3-16-15-20-18-10-5-4-9-17(18)19-11-8-13-22-24(19)25(20)26(28-22)23(16)21-12-6-7-14-27(21)2/h4-15H,3H2,1-2H3/q+1. The van der Waals surface area contributed by atoms with Gasteiger partial charge in [0.15, 0.2) is 6.20 Å². The number of benzene rings is 4. The Morgan fingerprint density at radius 1 is 0.786 bits per heavy atom. The summed E-state index contributed by atoms with van der Waals surface area (Å²) >= 11 is 0. The van der Waals surface area contributed by atoms with E-state index in [0.717, 1.165) is 17.6 Å². The number of rotatable bonds is 2. The molecule has 2 aromatic heterocycles. The topological polar surface area (TPSA) is 17.0 Å². The van der Waals surface area contributed by atoms with Crippen LogP contribution in [0.2, 0.25) is 0 Å². The van der Waals surface area contributed by atoms with Gasteiger partial charge in [-0.05, 0) is 51.7 Å². The molecule has 0 aliphatic carbocycles. The summed E-state index contributed by atoms with van der Waals surface area (Å²) in [5, 5.41) is 7.65. The predicted molar refractivity (Wildman–Crippen MR) is 116 cm³/mol. The minimum atomic E-state index is 0.958. The van der Waals surface area contributed by atoms with Crippen LogP contribution < -0.4 is 4.57 Å². The predicted octanol–water partition coefficient (Wildman–Crippen LogP) is 6.38. The maximum absolute atomic E-state index is 6.56. The lowest BCUT2D eigenvalue weighted by molar-refractivity contribution is -0.660. The lowest BCUT2D eigenvalue weighted by Gasteiger charge is -2.12. The first-order valence-corrected chi connectivity index (χ1v) is 9.84. The number of hydrogen-bond donors (Lipinski definition) is 0. The summed E-state index contributed by atoms with van der Waals surface area (Å²) in [5.74, 6) is 0. The third-order valence-electron chi connectivity index (χ3n) is 6.05. The van der Waals surface area contributed by atoms with Crippen LogP contribution in [-0.4, -0.2) is 0 Å². The molecule has 0 fully saturated rings. The summed E-state index contributed by atoms with van der Waals surface area (Å²) in [5.41, 5.74) is 5.70. The van der Waals surface area contributed by atoms with Gasteiger partial charge in [-0.1, -0.05) is 43.3 Å². The van der Waals surface area contributed by atoms with Crippen LogP contribution in [0.1, 0.15) is 12.5 Å². The van der Waals surface area contributed by atoms with E-state index in [1.54, 1.807) is 0 Å². The second-order valence-electron chi connectivity index (χ2n) is 7.54. The zero-order valence-electron chi connectivity index (χ0n) is 16.0. The van der Waals surface area contributed by atoms with Gasteiger partial charge in [0.2, 0.25) is 5.69 Å². The van der Waals surface area contributed by atoms with E-state index >= 15 is 0 Å². The van der Waals surface area contributed by atoms with E-state index in [1.165, 1.54) is 49.1 Å². The van der Waals surface area contributed by atoms with Crippen molar-refractivity contribution in [2.75, 3.05) is 0 Å². The number of hydrogen-bond acceptors (Lipinski definition) is 1. The summed E-state index contributed by atoms with van der Waals surface area (Å²) < 4.78 is 8.74. The molecule has 0 saturated carbocycles. The molecule has 28 heavy (non-hydrogen) atoms. The van der Waals surface area contributed by atoms with Crippen LogP contribution in [0.4, 0.5) is 0 Å². The average molecular weight is 362 g/mol. The summed E-state index contributed by atoms with van der Waals surface area (Å²) in [6.45, 7) is 2.23. The van der Waals surface area contributed by atoms with Gasteiger partial charge in [0.1, 0.15) is 18.2 Å². The van der Waals surface area contributed by atoms with Crippen LogP contribution in [0.25, 0.3) is 54.7 Å². The maximum Gasteiger partial charge on any atom is 0.216 e. The van der Waals surface area contributed by atoms with Crippen LogP contribution in [0.15, 0.2) is 77.3 Å². The molecular formula is C26H20NO+. The van der Waals surface area contributed by atoms with Crippen molar-refractivity contribution in [3.63, 3.8) is 0 Å². The molecule has 2 nitrogen and oxygen atoms in total. The summed E-state index contributed by atoms with van der Waals surface area (Å²) in [4.78, 5) is 0. The van der Waals surface area contributed by atoms with E-state index < -0.39 is 0 Å². The Labute approximate surface area is 163 Å². The van der Waals surface area contributed by atoms with Crippen molar-refractivity contribution in [1.29, 1.82) is 0 Å². The van der Waals surface area contributed by atoms with Gasteiger partial charge in [0.05, 0.1) is 5.56 Å². The second kappa shape index (κ2) is 5.56. The molecule has 0 radical (unpaired) electrons. The van der Waals surface area contributed by atoms with Crippen LogP contribution in [0.3, 0.4) is 0 Å². The van der Waals surface area contributed by atoms with Gasteiger partial charge >= 0.3 is 0 Å². The van der Waals surface area contributed by atoms with Crippen molar-refractivity contribution >= 4 is 43.5 Å². The first kappa shape index (κ1) is 15.6. The van der Waals surface area contributed by atoms with Gasteiger partial charge < -0.3 is 4.42 Å². The molecule has 2 heterocycles. The van der Waals surface area contributed by atoms with Gasteiger partial charge in [-0.25, -0.2) is 4.57 Å². The first-order chi connectivity index (χ1) is 13.8. The minimum Gasteiger partial charge on any atom is -0.455 e. The molecule has 0 N–H and O–H groups in total. The second-order valence-corrected chi connectivity index (χ2v) is 7.54. The summed E-state index contributed by atoms with van der Waals surface area (Å²) in [6.07, 6.45) is 3.06. The number of furan rings is 1. The number of pyridine rings is 1. The molecule has 0 bridgehead atoms. The fourth-order valence-electron chi connectivity index (χ4n) is 4.78. The van der Waals surface area contributed by atoms with E-state index in [1.807, 2.05) is 0 Å². The van der Waals surface area contributed by atoms with E-state index in [4.69, 9.17) is 4.42 Å². The smallest absolute Gasteiger partial charge is 0.216 e. The largest absolute Gasteiger partial charge is 0.455 e. The molecular weight excluding hydrogens is 342 g/mol. The summed E-state index contributed by atoms with van der Waals surface area (Å²) in [7, 11) is 2.10. The highest BCUT2D eigenvalue weighted by molar-refractivity contribution is 6.34. The number of aromatic nitrogens is 1. The van der Waals surface area contributed by atoms with Gasteiger partial charge in [-0.3, -0.25) is 0 Å². The number of fused-ring (bicyclic) bond motifs is 3. The molecule has 6 aromatic rings. The Hall–Kier alpha value is -3.39. The van der Waals surface area contributed by atoms with Gasteiger partial charge in [0, 0.05) is 22.9 Å². The van der Waals surface area contributed by atoms with Crippen molar-refractivity contribution in [2.45, 2.75) is 13.3 Å². The highest BCUT2D eigenvalue weighted by Gasteiger charge is 2.25. The molecule has 6 rings (SSSR count). The molecule has 0 amide bonds. The normalized spacial score (nSPS) is 12.1. The van der Waals surface area contributed by atoms with Gasteiger partial charge in [-0.2, -0.15) is 0 Å². The lowest BCUT2D eigenvalue weighted by Crippen LogP contribution is -2.30. The van der Waals surface area contributed by atoms with Crippen LogP contribution >= 0.6 is 0 Å². The third-order valence-corrected chi connectivity index (χ3v) is 6.05. The highest BCUT2D eigenvalue weighted by Crippen LogP contribution is 2.46. The van der Waals surface area contributed by atoms with Crippen molar-refractivity contribution in [2.24, 2.45) is 7.05 Å². The monoisotopic (exact) mass is 362 g/mol.